The zero-order valence-corrected chi connectivity index (χ0v) is 13.9. The maximum atomic E-state index is 6.24. The quantitative estimate of drug-likeness (QED) is 0.517. The Morgan fingerprint density at radius 2 is 1.37 bits per heavy atom. The van der Waals surface area contributed by atoms with Gasteiger partial charge in [-0.3, -0.25) is 0 Å². The SMILES string of the molecule is Cl/C(=C\C=C\c1ccc(Br)cc1)c1ccc(Br)cc1. The summed E-state index contributed by atoms with van der Waals surface area (Å²) in [6.07, 6.45) is 5.87. The summed E-state index contributed by atoms with van der Waals surface area (Å²) in [5.74, 6) is 0. The molecule has 0 aliphatic rings. The molecule has 2 aromatic carbocycles. The number of hydrogen-bond acceptors (Lipinski definition) is 0. The molecule has 2 aromatic rings. The van der Waals surface area contributed by atoms with Crippen LogP contribution in [0.4, 0.5) is 0 Å². The van der Waals surface area contributed by atoms with E-state index in [1.807, 2.05) is 66.8 Å². The Hall–Kier alpha value is -0.830. The third-order valence-corrected chi connectivity index (χ3v) is 3.92. The third kappa shape index (κ3) is 4.64. The highest BCUT2D eigenvalue weighted by Gasteiger charge is 1.95. The van der Waals surface area contributed by atoms with Gasteiger partial charge in [-0.25, -0.2) is 0 Å². The van der Waals surface area contributed by atoms with Gasteiger partial charge in [0.1, 0.15) is 0 Å². The van der Waals surface area contributed by atoms with E-state index < -0.39 is 0 Å². The molecule has 0 aliphatic carbocycles. The van der Waals surface area contributed by atoms with Crippen LogP contribution in [0.15, 0.2) is 69.6 Å². The zero-order valence-electron chi connectivity index (χ0n) is 9.98. The van der Waals surface area contributed by atoms with Crippen LogP contribution in [0.1, 0.15) is 11.1 Å². The van der Waals surface area contributed by atoms with Crippen molar-refractivity contribution in [1.82, 2.24) is 0 Å². The largest absolute Gasteiger partial charge is 0.0837 e. The first-order chi connectivity index (χ1) is 9.15. The van der Waals surface area contributed by atoms with Crippen LogP contribution in [0, 0.1) is 0 Å². The van der Waals surface area contributed by atoms with Crippen LogP contribution in [-0.4, -0.2) is 0 Å². The highest BCUT2D eigenvalue weighted by atomic mass is 79.9. The van der Waals surface area contributed by atoms with Crippen LogP contribution in [-0.2, 0) is 0 Å². The summed E-state index contributed by atoms with van der Waals surface area (Å²) in [7, 11) is 0. The van der Waals surface area contributed by atoms with Crippen LogP contribution in [0.25, 0.3) is 11.1 Å². The van der Waals surface area contributed by atoms with E-state index in [1.54, 1.807) is 0 Å². The predicted molar refractivity (Wildman–Crippen MR) is 91.1 cm³/mol. The van der Waals surface area contributed by atoms with Gasteiger partial charge in [-0.2, -0.15) is 0 Å². The number of halogens is 3. The number of allylic oxidation sites excluding steroid dienone is 2. The molecule has 19 heavy (non-hydrogen) atoms. The first kappa shape index (κ1) is 14.6. The number of hydrogen-bond donors (Lipinski definition) is 0. The smallest absolute Gasteiger partial charge is 0.0478 e. The van der Waals surface area contributed by atoms with Crippen molar-refractivity contribution in [1.29, 1.82) is 0 Å². The first-order valence-electron chi connectivity index (χ1n) is 5.70. The van der Waals surface area contributed by atoms with Crippen LogP contribution >= 0.6 is 43.5 Å². The molecule has 0 N–H and O–H groups in total. The molecule has 0 atom stereocenters. The monoisotopic (exact) mass is 396 g/mol. The molecule has 0 fully saturated rings. The Morgan fingerprint density at radius 1 is 0.842 bits per heavy atom. The summed E-state index contributed by atoms with van der Waals surface area (Å²) >= 11 is 13.1. The normalized spacial score (nSPS) is 12.1. The summed E-state index contributed by atoms with van der Waals surface area (Å²) in [5, 5.41) is 0.723. The van der Waals surface area contributed by atoms with Crippen molar-refractivity contribution in [2.45, 2.75) is 0 Å². The van der Waals surface area contributed by atoms with E-state index in [1.165, 1.54) is 0 Å². The molecule has 96 valence electrons. The molecule has 2 rings (SSSR count). The van der Waals surface area contributed by atoms with Gasteiger partial charge in [0.05, 0.1) is 0 Å². The molecule has 0 unspecified atom stereocenters. The number of rotatable bonds is 3. The lowest BCUT2D eigenvalue weighted by Gasteiger charge is -1.98. The minimum Gasteiger partial charge on any atom is -0.0837 e. The van der Waals surface area contributed by atoms with Crippen LogP contribution < -0.4 is 0 Å². The van der Waals surface area contributed by atoms with Crippen molar-refractivity contribution in [3.63, 3.8) is 0 Å². The lowest BCUT2D eigenvalue weighted by Crippen LogP contribution is -1.75. The minimum absolute atomic E-state index is 0.723. The van der Waals surface area contributed by atoms with Crippen molar-refractivity contribution in [3.05, 3.63) is 80.8 Å². The van der Waals surface area contributed by atoms with Gasteiger partial charge in [0, 0.05) is 14.0 Å². The van der Waals surface area contributed by atoms with E-state index in [4.69, 9.17) is 11.6 Å². The van der Waals surface area contributed by atoms with Gasteiger partial charge in [0.2, 0.25) is 0 Å². The van der Waals surface area contributed by atoms with Crippen LogP contribution in [0.3, 0.4) is 0 Å². The van der Waals surface area contributed by atoms with Crippen molar-refractivity contribution >= 4 is 54.6 Å². The fourth-order valence-corrected chi connectivity index (χ4v) is 2.25. The topological polar surface area (TPSA) is 0 Å². The second-order valence-electron chi connectivity index (χ2n) is 3.93. The maximum absolute atomic E-state index is 6.24. The summed E-state index contributed by atoms with van der Waals surface area (Å²) in [6, 6.07) is 16.0. The van der Waals surface area contributed by atoms with E-state index in [9.17, 15) is 0 Å². The average molecular weight is 399 g/mol. The Labute approximate surface area is 135 Å². The van der Waals surface area contributed by atoms with Gasteiger partial charge in [-0.15, -0.1) is 0 Å². The maximum Gasteiger partial charge on any atom is 0.0478 e. The molecule has 0 spiro atoms. The van der Waals surface area contributed by atoms with Crippen molar-refractivity contribution < 1.29 is 0 Å². The molecule has 0 radical (unpaired) electrons. The van der Waals surface area contributed by atoms with E-state index >= 15 is 0 Å². The van der Waals surface area contributed by atoms with Gasteiger partial charge < -0.3 is 0 Å². The molecule has 0 aliphatic heterocycles. The minimum atomic E-state index is 0.723. The molecule has 0 saturated heterocycles. The van der Waals surface area contributed by atoms with E-state index in [-0.39, 0.29) is 0 Å². The van der Waals surface area contributed by atoms with E-state index in [0.29, 0.717) is 0 Å². The fraction of sp³-hybridized carbons (Fsp3) is 0. The molecule has 0 aromatic heterocycles. The lowest BCUT2D eigenvalue weighted by molar-refractivity contribution is 1.60. The Balaban J connectivity index is 2.09. The molecule has 0 amide bonds. The lowest BCUT2D eigenvalue weighted by atomic mass is 10.2. The summed E-state index contributed by atoms with van der Waals surface area (Å²) < 4.78 is 2.12. The molecule has 0 bridgehead atoms. The Morgan fingerprint density at radius 3 is 1.95 bits per heavy atom. The number of benzene rings is 2. The van der Waals surface area contributed by atoms with Crippen LogP contribution in [0.5, 0.6) is 0 Å². The van der Waals surface area contributed by atoms with Gasteiger partial charge in [-0.1, -0.05) is 79.9 Å². The average Bonchev–Trinajstić information content (AvgIpc) is 2.41. The molecule has 3 heteroatoms. The Bertz CT molecular complexity index is 596. The Kier molecular flexibility index (Phi) is 5.44. The molecular formula is C16H11Br2Cl. The zero-order chi connectivity index (χ0) is 13.7. The van der Waals surface area contributed by atoms with Gasteiger partial charge in [0.15, 0.2) is 0 Å². The highest BCUT2D eigenvalue weighted by Crippen LogP contribution is 2.21. The van der Waals surface area contributed by atoms with Crippen molar-refractivity contribution in [2.24, 2.45) is 0 Å². The third-order valence-electron chi connectivity index (χ3n) is 2.52. The van der Waals surface area contributed by atoms with Gasteiger partial charge in [0.25, 0.3) is 0 Å². The van der Waals surface area contributed by atoms with E-state index in [0.717, 1.165) is 25.1 Å². The highest BCUT2D eigenvalue weighted by molar-refractivity contribution is 9.10. The standard InChI is InChI=1S/C16H11Br2Cl/c17-14-8-4-12(5-9-14)2-1-3-16(19)13-6-10-15(18)11-7-13/h1-11H/b2-1+,16-3-. The molecule has 0 saturated carbocycles. The first-order valence-corrected chi connectivity index (χ1v) is 7.67. The summed E-state index contributed by atoms with van der Waals surface area (Å²) in [5.41, 5.74) is 2.14. The second-order valence-corrected chi connectivity index (χ2v) is 6.17. The van der Waals surface area contributed by atoms with Crippen LogP contribution in [0.2, 0.25) is 0 Å². The predicted octanol–water partition coefficient (Wildman–Crippen LogP) is 6.50. The van der Waals surface area contributed by atoms with Crippen molar-refractivity contribution in [3.8, 4) is 0 Å². The van der Waals surface area contributed by atoms with Crippen molar-refractivity contribution in [2.75, 3.05) is 0 Å². The van der Waals surface area contributed by atoms with Gasteiger partial charge >= 0.3 is 0 Å². The molecular weight excluding hydrogens is 387 g/mol. The summed E-state index contributed by atoms with van der Waals surface area (Å²) in [6.45, 7) is 0. The second kappa shape index (κ2) is 7.09. The fourth-order valence-electron chi connectivity index (χ4n) is 1.52. The van der Waals surface area contributed by atoms with Gasteiger partial charge in [-0.05, 0) is 41.5 Å². The molecule has 0 nitrogen and oxygen atoms in total. The summed E-state index contributed by atoms with van der Waals surface area (Å²) in [4.78, 5) is 0. The van der Waals surface area contributed by atoms with E-state index in [2.05, 4.69) is 31.9 Å². The molecule has 0 heterocycles.